The number of benzene rings is 1. The van der Waals surface area contributed by atoms with Gasteiger partial charge in [-0.15, -0.1) is 10.2 Å². The minimum atomic E-state index is -0.407. The van der Waals surface area contributed by atoms with Crippen LogP contribution in [0.25, 0.3) is 5.57 Å². The maximum Gasteiger partial charge on any atom is 0.216 e. The highest BCUT2D eigenvalue weighted by molar-refractivity contribution is 5.74. The van der Waals surface area contributed by atoms with Crippen molar-refractivity contribution in [1.82, 2.24) is 20.6 Å². The summed E-state index contributed by atoms with van der Waals surface area (Å²) in [6.45, 7) is 4.05. The van der Waals surface area contributed by atoms with Crippen LogP contribution < -0.4 is 10.1 Å². The van der Waals surface area contributed by atoms with Gasteiger partial charge in [0.25, 0.3) is 0 Å². The van der Waals surface area contributed by atoms with Crippen molar-refractivity contribution in [3.63, 3.8) is 0 Å². The molecule has 2 aromatic rings. The highest BCUT2D eigenvalue weighted by Gasteiger charge is 2.11. The number of halogens is 1. The van der Waals surface area contributed by atoms with Gasteiger partial charge in [-0.3, -0.25) is 0 Å². The van der Waals surface area contributed by atoms with E-state index < -0.39 is 5.82 Å². The van der Waals surface area contributed by atoms with E-state index in [0.717, 1.165) is 12.8 Å². The van der Waals surface area contributed by atoms with Crippen LogP contribution in [0.2, 0.25) is 0 Å². The zero-order valence-electron chi connectivity index (χ0n) is 12.9. The second-order valence-electron chi connectivity index (χ2n) is 4.75. The Balaban J connectivity index is 2.24. The molecule has 0 atom stereocenters. The molecule has 0 aliphatic rings. The van der Waals surface area contributed by atoms with E-state index in [4.69, 9.17) is 10.00 Å². The summed E-state index contributed by atoms with van der Waals surface area (Å²) in [5.41, 5.74) is 0.588. The summed E-state index contributed by atoms with van der Waals surface area (Å²) in [4.78, 5) is 0. The van der Waals surface area contributed by atoms with Crippen LogP contribution in [0.4, 0.5) is 10.1 Å². The van der Waals surface area contributed by atoms with E-state index in [1.807, 2.05) is 19.9 Å². The second-order valence-corrected chi connectivity index (χ2v) is 4.75. The van der Waals surface area contributed by atoms with Crippen LogP contribution in [-0.2, 0) is 0 Å². The molecule has 0 saturated carbocycles. The third-order valence-electron chi connectivity index (χ3n) is 3.22. The Kier molecular flexibility index (Phi) is 5.63. The van der Waals surface area contributed by atoms with Gasteiger partial charge in [-0.05, 0) is 30.2 Å². The summed E-state index contributed by atoms with van der Waals surface area (Å²) in [6.07, 6.45) is 3.11. The van der Waals surface area contributed by atoms with Crippen LogP contribution >= 0.6 is 0 Å². The summed E-state index contributed by atoms with van der Waals surface area (Å²) >= 11 is 0. The third-order valence-corrected chi connectivity index (χ3v) is 3.22. The molecule has 7 nitrogen and oxygen atoms in total. The predicted molar refractivity (Wildman–Crippen MR) is 82.8 cm³/mol. The Hall–Kier alpha value is -2.95. The summed E-state index contributed by atoms with van der Waals surface area (Å²) in [7, 11) is 0. The molecule has 2 rings (SSSR count). The Morgan fingerprint density at radius 2 is 2.26 bits per heavy atom. The van der Waals surface area contributed by atoms with Crippen LogP contribution in [0, 0.1) is 17.1 Å². The molecule has 0 fully saturated rings. The fraction of sp³-hybridized carbons (Fsp3) is 0.333. The molecule has 0 radical (unpaired) electrons. The molecule has 0 spiro atoms. The number of tetrazole rings is 1. The van der Waals surface area contributed by atoms with Crippen LogP contribution in [0.15, 0.2) is 24.4 Å². The smallest absolute Gasteiger partial charge is 0.216 e. The van der Waals surface area contributed by atoms with Gasteiger partial charge in [0.1, 0.15) is 23.2 Å². The van der Waals surface area contributed by atoms with E-state index >= 15 is 0 Å². The molecule has 2 N–H and O–H groups in total. The Bertz CT molecular complexity index is 703. The molecule has 8 heteroatoms. The monoisotopic (exact) mass is 316 g/mol. The minimum absolute atomic E-state index is 0.0395. The molecule has 1 aromatic carbocycles. The SMILES string of the molecule is CCC(CC)Oc1ccc(F)cc1NC=C(C#N)c1nn[nH]n1. The average Bonchev–Trinajstić information content (AvgIpc) is 3.09. The van der Waals surface area contributed by atoms with Crippen molar-refractivity contribution in [1.29, 1.82) is 5.26 Å². The van der Waals surface area contributed by atoms with Gasteiger partial charge in [0, 0.05) is 12.3 Å². The van der Waals surface area contributed by atoms with Crippen molar-refractivity contribution < 1.29 is 9.13 Å². The first kappa shape index (κ1) is 16.4. The first-order chi connectivity index (χ1) is 11.2. The van der Waals surface area contributed by atoms with E-state index in [0.29, 0.717) is 11.4 Å². The first-order valence-electron chi connectivity index (χ1n) is 7.24. The number of nitriles is 1. The molecule has 1 heterocycles. The highest BCUT2D eigenvalue weighted by atomic mass is 19.1. The van der Waals surface area contributed by atoms with Gasteiger partial charge in [-0.25, -0.2) is 4.39 Å². The third kappa shape index (κ3) is 4.26. The summed E-state index contributed by atoms with van der Waals surface area (Å²) in [5, 5.41) is 25.1. The van der Waals surface area contributed by atoms with Crippen LogP contribution in [0.3, 0.4) is 0 Å². The maximum atomic E-state index is 13.5. The lowest BCUT2D eigenvalue weighted by molar-refractivity contribution is 0.194. The fourth-order valence-corrected chi connectivity index (χ4v) is 1.93. The number of aromatic nitrogens is 4. The van der Waals surface area contributed by atoms with Crippen molar-refractivity contribution in [2.75, 3.05) is 5.32 Å². The van der Waals surface area contributed by atoms with Gasteiger partial charge in [0.2, 0.25) is 5.82 Å². The number of aromatic amines is 1. The number of anilines is 1. The molecule has 0 aliphatic heterocycles. The number of rotatable bonds is 7. The van der Waals surface area contributed by atoms with Gasteiger partial charge in [-0.2, -0.15) is 10.5 Å². The van der Waals surface area contributed by atoms with Crippen molar-refractivity contribution in [3.05, 3.63) is 36.0 Å². The Morgan fingerprint density at radius 1 is 1.48 bits per heavy atom. The minimum Gasteiger partial charge on any atom is -0.488 e. The summed E-state index contributed by atoms with van der Waals surface area (Å²) in [5.74, 6) is 0.261. The van der Waals surface area contributed by atoms with Crippen LogP contribution in [0.1, 0.15) is 32.5 Å². The average molecular weight is 316 g/mol. The summed E-state index contributed by atoms with van der Waals surface area (Å²) < 4.78 is 19.4. The topological polar surface area (TPSA) is 99.5 Å². The molecule has 23 heavy (non-hydrogen) atoms. The number of nitrogens with zero attached hydrogens (tertiary/aromatic N) is 4. The highest BCUT2D eigenvalue weighted by Crippen LogP contribution is 2.28. The van der Waals surface area contributed by atoms with E-state index in [1.165, 1.54) is 18.3 Å². The number of ether oxygens (including phenoxy) is 1. The second kappa shape index (κ2) is 7.89. The van der Waals surface area contributed by atoms with Crippen molar-refractivity contribution >= 4 is 11.3 Å². The Labute approximate surface area is 133 Å². The zero-order valence-corrected chi connectivity index (χ0v) is 12.9. The van der Waals surface area contributed by atoms with E-state index in [-0.39, 0.29) is 17.5 Å². The van der Waals surface area contributed by atoms with Gasteiger partial charge >= 0.3 is 0 Å². The molecule has 0 saturated heterocycles. The maximum absolute atomic E-state index is 13.5. The first-order valence-corrected chi connectivity index (χ1v) is 7.24. The molecule has 1 aromatic heterocycles. The largest absolute Gasteiger partial charge is 0.488 e. The standard InChI is InChI=1S/C15H17FN6O/c1-3-12(4-2)23-14-6-5-11(16)7-13(14)18-9-10(8-17)15-19-21-22-20-15/h5-7,9,12,18H,3-4H2,1-2H3,(H,19,20,21,22). The molecule has 0 aliphatic carbocycles. The van der Waals surface area contributed by atoms with Gasteiger partial charge in [0.05, 0.1) is 11.8 Å². The number of hydrogen-bond acceptors (Lipinski definition) is 6. The van der Waals surface area contributed by atoms with Crippen molar-refractivity contribution in [3.8, 4) is 11.8 Å². The fourth-order valence-electron chi connectivity index (χ4n) is 1.93. The number of nitrogens with one attached hydrogen (secondary N) is 2. The van der Waals surface area contributed by atoms with E-state index in [1.54, 1.807) is 6.07 Å². The quantitative estimate of drug-likeness (QED) is 0.762. The lowest BCUT2D eigenvalue weighted by Gasteiger charge is -2.18. The molecular weight excluding hydrogens is 299 g/mol. The molecular formula is C15H17FN6O. The van der Waals surface area contributed by atoms with Crippen molar-refractivity contribution in [2.24, 2.45) is 0 Å². The molecule has 0 amide bonds. The zero-order chi connectivity index (χ0) is 16.7. The Morgan fingerprint density at radius 3 is 2.87 bits per heavy atom. The van der Waals surface area contributed by atoms with E-state index in [9.17, 15) is 4.39 Å². The lowest BCUT2D eigenvalue weighted by Crippen LogP contribution is -2.14. The number of H-pyrrole nitrogens is 1. The molecule has 120 valence electrons. The number of hydrogen-bond donors (Lipinski definition) is 2. The number of allylic oxidation sites excluding steroid dienone is 1. The molecule has 0 bridgehead atoms. The van der Waals surface area contributed by atoms with Crippen LogP contribution in [-0.4, -0.2) is 26.7 Å². The normalized spacial score (nSPS) is 11.3. The van der Waals surface area contributed by atoms with Gasteiger partial charge in [-0.1, -0.05) is 13.8 Å². The van der Waals surface area contributed by atoms with Gasteiger partial charge < -0.3 is 10.1 Å². The summed E-state index contributed by atoms with van der Waals surface area (Å²) in [6, 6.07) is 6.15. The van der Waals surface area contributed by atoms with Crippen LogP contribution in [0.5, 0.6) is 5.75 Å². The van der Waals surface area contributed by atoms with Gasteiger partial charge in [0.15, 0.2) is 0 Å². The van der Waals surface area contributed by atoms with Crippen molar-refractivity contribution in [2.45, 2.75) is 32.8 Å². The lowest BCUT2D eigenvalue weighted by atomic mass is 10.2. The molecule has 0 unspecified atom stereocenters. The predicted octanol–water partition coefficient (Wildman–Crippen LogP) is 2.88. The van der Waals surface area contributed by atoms with E-state index in [2.05, 4.69) is 25.9 Å².